The minimum atomic E-state index is -0.375. The summed E-state index contributed by atoms with van der Waals surface area (Å²) in [5.74, 6) is -0.117. The van der Waals surface area contributed by atoms with Crippen molar-refractivity contribution >= 4 is 0 Å². The van der Waals surface area contributed by atoms with E-state index in [0.29, 0.717) is 0 Å². The summed E-state index contributed by atoms with van der Waals surface area (Å²) in [7, 11) is 1.43. The van der Waals surface area contributed by atoms with E-state index >= 15 is 0 Å². The van der Waals surface area contributed by atoms with Crippen LogP contribution in [0.3, 0.4) is 0 Å². The normalized spacial score (nSPS) is 8.20. The molecule has 1 nitrogen and oxygen atoms in total. The number of hydrogen-bond donors (Lipinski definition) is 0. The molecule has 0 aliphatic carbocycles. The topological polar surface area (TPSA) is 9.23 Å². The molecule has 0 aliphatic heterocycles. The molecule has 0 heterocycles. The Morgan fingerprint density at radius 1 is 1.60 bits per heavy atom. The Morgan fingerprint density at radius 3 is 2.70 bits per heavy atom. The molecule has 0 aromatic heterocycles. The summed E-state index contributed by atoms with van der Waals surface area (Å²) < 4.78 is 17.1. The maximum atomic E-state index is 12.4. The zero-order chi connectivity index (χ0) is 6.69. The summed E-state index contributed by atoms with van der Waals surface area (Å²) in [5, 5.41) is 0. The van der Waals surface area contributed by atoms with Gasteiger partial charge in [0.25, 0.3) is 0 Å². The average molecular weight is 132 g/mol. The Morgan fingerprint density at radius 2 is 2.30 bits per heavy atom. The van der Waals surface area contributed by atoms with Crippen LogP contribution in [0.25, 0.3) is 0 Å². The molecule has 0 saturated heterocycles. The van der Waals surface area contributed by atoms with Gasteiger partial charge < -0.3 is 4.74 Å². The fourth-order valence-corrected chi connectivity index (χ4v) is 0.561. The fourth-order valence-electron chi connectivity index (χ4n) is 0.561. The first-order valence-corrected chi connectivity index (χ1v) is 2.54. The minimum Gasteiger partial charge on any atom is -0.519 e. The molecule has 0 saturated carbocycles. The molecule has 0 amide bonds. The Kier molecular flexibility index (Phi) is 4.18. The van der Waals surface area contributed by atoms with E-state index in [2.05, 4.69) is 10.8 Å². The SMILES string of the molecule is COc1cc[c-]cc1F.[Li+]. The average Bonchev–Trinajstić information content (AvgIpc) is 1.89. The third-order valence-electron chi connectivity index (χ3n) is 0.996. The summed E-state index contributed by atoms with van der Waals surface area (Å²) in [6.45, 7) is 0. The summed E-state index contributed by atoms with van der Waals surface area (Å²) >= 11 is 0. The smallest absolute Gasteiger partial charge is 0.519 e. The fraction of sp³-hybridized carbons (Fsp3) is 0.143. The maximum Gasteiger partial charge on any atom is 1.00 e. The van der Waals surface area contributed by atoms with E-state index in [-0.39, 0.29) is 30.4 Å². The largest absolute Gasteiger partial charge is 1.00 e. The van der Waals surface area contributed by atoms with Crippen molar-refractivity contribution in [2.24, 2.45) is 0 Å². The second kappa shape index (κ2) is 4.38. The van der Waals surface area contributed by atoms with Crippen LogP contribution in [0.5, 0.6) is 5.75 Å². The van der Waals surface area contributed by atoms with Crippen LogP contribution in [0, 0.1) is 11.9 Å². The zero-order valence-corrected chi connectivity index (χ0v) is 6.02. The molecule has 0 unspecified atom stereocenters. The van der Waals surface area contributed by atoms with Crippen molar-refractivity contribution < 1.29 is 28.0 Å². The monoisotopic (exact) mass is 132 g/mol. The van der Waals surface area contributed by atoms with Gasteiger partial charge in [-0.3, -0.25) is 4.39 Å². The second-order valence-electron chi connectivity index (χ2n) is 1.56. The van der Waals surface area contributed by atoms with E-state index in [4.69, 9.17) is 0 Å². The zero-order valence-electron chi connectivity index (χ0n) is 6.02. The van der Waals surface area contributed by atoms with Crippen LogP contribution in [-0.2, 0) is 0 Å². The van der Waals surface area contributed by atoms with E-state index in [9.17, 15) is 4.39 Å². The number of benzene rings is 1. The van der Waals surface area contributed by atoms with Crippen LogP contribution >= 0.6 is 0 Å². The quantitative estimate of drug-likeness (QED) is 0.338. The number of rotatable bonds is 1. The van der Waals surface area contributed by atoms with Crippen molar-refractivity contribution in [1.29, 1.82) is 0 Å². The molecule has 3 heteroatoms. The van der Waals surface area contributed by atoms with E-state index < -0.39 is 0 Å². The van der Waals surface area contributed by atoms with Crippen LogP contribution in [0.4, 0.5) is 4.39 Å². The second-order valence-corrected chi connectivity index (χ2v) is 1.56. The number of ether oxygens (including phenoxy) is 1. The minimum absolute atomic E-state index is 0. The molecule has 1 aromatic carbocycles. The molecule has 1 aromatic rings. The molecule has 0 bridgehead atoms. The Balaban J connectivity index is 0.000000810. The molecule has 10 heavy (non-hydrogen) atoms. The van der Waals surface area contributed by atoms with Gasteiger partial charge in [0.05, 0.1) is 7.11 Å². The first-order valence-electron chi connectivity index (χ1n) is 2.54. The van der Waals surface area contributed by atoms with E-state index in [1.807, 2.05) is 0 Å². The first-order chi connectivity index (χ1) is 4.34. The van der Waals surface area contributed by atoms with Crippen molar-refractivity contribution in [3.63, 3.8) is 0 Å². The van der Waals surface area contributed by atoms with Gasteiger partial charge in [0.2, 0.25) is 0 Å². The van der Waals surface area contributed by atoms with Crippen molar-refractivity contribution in [2.45, 2.75) is 0 Å². The van der Waals surface area contributed by atoms with Gasteiger partial charge in [0.1, 0.15) is 0 Å². The molecule has 0 radical (unpaired) electrons. The van der Waals surface area contributed by atoms with Gasteiger partial charge in [-0.1, -0.05) is 0 Å². The molecule has 1 rings (SSSR count). The van der Waals surface area contributed by atoms with Gasteiger partial charge in [0, 0.05) is 11.6 Å². The van der Waals surface area contributed by atoms with Gasteiger partial charge in [-0.15, -0.1) is 12.1 Å². The van der Waals surface area contributed by atoms with Crippen molar-refractivity contribution in [3.8, 4) is 5.75 Å². The Hall–Kier alpha value is -0.453. The molecule has 0 atom stereocenters. The number of halogens is 1. The Bertz CT molecular complexity index is 203. The van der Waals surface area contributed by atoms with Crippen LogP contribution in [-0.4, -0.2) is 7.11 Å². The van der Waals surface area contributed by atoms with Gasteiger partial charge in [0.15, 0.2) is 0 Å². The first kappa shape index (κ1) is 9.55. The van der Waals surface area contributed by atoms with E-state index in [1.54, 1.807) is 6.07 Å². The van der Waals surface area contributed by atoms with Gasteiger partial charge in [-0.25, -0.2) is 0 Å². The maximum absolute atomic E-state index is 12.4. The van der Waals surface area contributed by atoms with Crippen LogP contribution < -0.4 is 23.6 Å². The number of methoxy groups -OCH3 is 1. The Labute approximate surface area is 71.4 Å². The molecular formula is C7H6FLiO. The molecule has 0 N–H and O–H groups in total. The third-order valence-corrected chi connectivity index (χ3v) is 0.996. The molecule has 0 fully saturated rings. The summed E-state index contributed by atoms with van der Waals surface area (Å²) in [4.78, 5) is 0. The van der Waals surface area contributed by atoms with Crippen LogP contribution in [0.15, 0.2) is 18.2 Å². The standard InChI is InChI=1S/C7H6FO.Li/c1-9-7-5-3-2-4-6(7)8;/h3-5H,1H3;/q-1;+1. The summed E-state index contributed by atoms with van der Waals surface area (Å²) in [6.07, 6.45) is 0. The predicted octanol–water partition coefficient (Wildman–Crippen LogP) is -1.36. The van der Waals surface area contributed by atoms with Gasteiger partial charge >= 0.3 is 18.9 Å². The summed E-state index contributed by atoms with van der Waals surface area (Å²) in [6, 6.07) is 6.94. The molecular weight excluding hydrogens is 126 g/mol. The van der Waals surface area contributed by atoms with E-state index in [1.165, 1.54) is 19.2 Å². The van der Waals surface area contributed by atoms with Crippen LogP contribution in [0.2, 0.25) is 0 Å². The van der Waals surface area contributed by atoms with Crippen molar-refractivity contribution in [1.82, 2.24) is 0 Å². The molecule has 0 spiro atoms. The number of hydrogen-bond acceptors (Lipinski definition) is 1. The molecule has 48 valence electrons. The van der Waals surface area contributed by atoms with Crippen molar-refractivity contribution in [2.75, 3.05) is 7.11 Å². The predicted molar refractivity (Wildman–Crippen MR) is 31.8 cm³/mol. The van der Waals surface area contributed by atoms with Gasteiger partial charge in [-0.05, 0) is 0 Å². The van der Waals surface area contributed by atoms with Gasteiger partial charge in [-0.2, -0.15) is 12.1 Å². The van der Waals surface area contributed by atoms with E-state index in [0.717, 1.165) is 0 Å². The van der Waals surface area contributed by atoms with Crippen molar-refractivity contribution in [3.05, 3.63) is 30.1 Å². The molecule has 0 aliphatic rings. The third kappa shape index (κ3) is 2.06. The van der Waals surface area contributed by atoms with Crippen LogP contribution in [0.1, 0.15) is 0 Å². The summed E-state index contributed by atoms with van der Waals surface area (Å²) in [5.41, 5.74) is 0.